The number of hydrogen-bond donors (Lipinski definition) is 3. The number of para-hydroxylation sites is 2. The predicted octanol–water partition coefficient (Wildman–Crippen LogP) is 3.47. The molecule has 2 aromatic carbocycles. The van der Waals surface area contributed by atoms with Crippen molar-refractivity contribution in [2.24, 2.45) is 0 Å². The van der Waals surface area contributed by atoms with E-state index in [0.29, 0.717) is 22.9 Å². The summed E-state index contributed by atoms with van der Waals surface area (Å²) in [6, 6.07) is 14.0. The molecule has 144 valence electrons. The van der Waals surface area contributed by atoms with Crippen LogP contribution in [0.15, 0.2) is 48.5 Å². The molecule has 0 amide bonds. The highest BCUT2D eigenvalue weighted by Crippen LogP contribution is 2.35. The summed E-state index contributed by atoms with van der Waals surface area (Å²) >= 11 is 0. The molecule has 28 heavy (non-hydrogen) atoms. The number of methoxy groups -OCH3 is 2. The number of nitrogens with zero attached hydrogens (tertiary/aromatic N) is 3. The number of hydrogen-bond acceptors (Lipinski definition) is 9. The van der Waals surface area contributed by atoms with Gasteiger partial charge in [-0.1, -0.05) is 18.2 Å². The molecule has 0 atom stereocenters. The maximum absolute atomic E-state index is 11.5. The molecule has 0 fully saturated rings. The number of anilines is 5. The van der Waals surface area contributed by atoms with Crippen molar-refractivity contribution in [1.82, 2.24) is 9.97 Å². The number of rotatable bonds is 7. The lowest BCUT2D eigenvalue weighted by Crippen LogP contribution is -2.09. The van der Waals surface area contributed by atoms with Crippen LogP contribution in [0.5, 0.6) is 11.5 Å². The quantitative estimate of drug-likeness (QED) is 0.414. The zero-order chi connectivity index (χ0) is 20.1. The van der Waals surface area contributed by atoms with Gasteiger partial charge in [0.05, 0.1) is 24.8 Å². The van der Waals surface area contributed by atoms with E-state index in [1.165, 1.54) is 7.11 Å². The molecule has 0 aliphatic heterocycles. The number of nitrogens with two attached hydrogens (primary N) is 1. The number of aromatic nitrogens is 2. The highest BCUT2D eigenvalue weighted by Gasteiger charge is 2.24. The summed E-state index contributed by atoms with van der Waals surface area (Å²) in [7, 11) is 3.05. The van der Waals surface area contributed by atoms with E-state index < -0.39 is 10.6 Å². The molecule has 0 bridgehead atoms. The van der Waals surface area contributed by atoms with Crippen molar-refractivity contribution in [1.29, 1.82) is 0 Å². The molecule has 3 aromatic rings. The molecule has 4 N–H and O–H groups in total. The van der Waals surface area contributed by atoms with Gasteiger partial charge in [-0.15, -0.1) is 0 Å². The first-order chi connectivity index (χ1) is 13.5. The molecule has 0 aliphatic carbocycles. The summed E-state index contributed by atoms with van der Waals surface area (Å²) < 4.78 is 10.4. The molecule has 0 aliphatic rings. The average molecular weight is 382 g/mol. The van der Waals surface area contributed by atoms with Crippen LogP contribution in [-0.2, 0) is 0 Å². The van der Waals surface area contributed by atoms with Crippen LogP contribution >= 0.6 is 0 Å². The third-order valence-electron chi connectivity index (χ3n) is 3.78. The van der Waals surface area contributed by atoms with Crippen LogP contribution in [0.3, 0.4) is 0 Å². The fourth-order valence-corrected chi connectivity index (χ4v) is 2.50. The van der Waals surface area contributed by atoms with Crippen molar-refractivity contribution in [2.45, 2.75) is 0 Å². The number of ether oxygens (including phenoxy) is 2. The van der Waals surface area contributed by atoms with Crippen molar-refractivity contribution in [2.75, 3.05) is 30.6 Å². The summed E-state index contributed by atoms with van der Waals surface area (Å²) in [4.78, 5) is 19.1. The van der Waals surface area contributed by atoms with Crippen molar-refractivity contribution in [3.63, 3.8) is 0 Å². The lowest BCUT2D eigenvalue weighted by atomic mass is 10.3. The zero-order valence-electron chi connectivity index (χ0n) is 15.2. The Labute approximate surface area is 160 Å². The Kier molecular flexibility index (Phi) is 5.40. The summed E-state index contributed by atoms with van der Waals surface area (Å²) in [6.07, 6.45) is 0. The van der Waals surface area contributed by atoms with Gasteiger partial charge in [-0.05, 0) is 24.3 Å². The Balaban J connectivity index is 2.01. The lowest BCUT2D eigenvalue weighted by molar-refractivity contribution is -0.383. The number of nitrogen functional groups attached to an aromatic ring is 1. The minimum Gasteiger partial charge on any atom is -0.497 e. The van der Waals surface area contributed by atoms with Crippen LogP contribution in [0.4, 0.5) is 34.6 Å². The summed E-state index contributed by atoms with van der Waals surface area (Å²) in [5.41, 5.74) is 6.53. The monoisotopic (exact) mass is 382 g/mol. The number of benzene rings is 2. The second kappa shape index (κ2) is 8.08. The van der Waals surface area contributed by atoms with Crippen LogP contribution in [0.25, 0.3) is 0 Å². The second-order valence-electron chi connectivity index (χ2n) is 5.57. The van der Waals surface area contributed by atoms with Gasteiger partial charge in [0.2, 0.25) is 17.6 Å². The first-order valence-electron chi connectivity index (χ1n) is 8.15. The number of nitro groups is 1. The molecular formula is C18H18N6O4. The SMILES string of the molecule is COc1cccc(Nc2nc(N)c([N+](=O)[O-])c(Nc3ccccc3OC)n2)c1. The second-order valence-corrected chi connectivity index (χ2v) is 5.57. The van der Waals surface area contributed by atoms with Gasteiger partial charge in [-0.3, -0.25) is 10.1 Å². The van der Waals surface area contributed by atoms with Crippen molar-refractivity contribution in [3.8, 4) is 11.5 Å². The third kappa shape index (κ3) is 4.01. The first-order valence-corrected chi connectivity index (χ1v) is 8.15. The Bertz CT molecular complexity index is 1010. The van der Waals surface area contributed by atoms with Crippen LogP contribution in [0, 0.1) is 10.1 Å². The standard InChI is InChI=1S/C18H18N6O4/c1-27-12-7-5-6-11(10-12)20-18-22-16(19)15(24(25)26)17(23-18)21-13-8-3-4-9-14(13)28-2/h3-10H,1-2H3,(H4,19,20,21,22,23). The van der Waals surface area contributed by atoms with Gasteiger partial charge in [0.15, 0.2) is 0 Å². The topological polar surface area (TPSA) is 137 Å². The Hall–Kier alpha value is -4.08. The fourth-order valence-electron chi connectivity index (χ4n) is 2.50. The molecule has 0 saturated carbocycles. The average Bonchev–Trinajstić information content (AvgIpc) is 2.68. The normalized spacial score (nSPS) is 10.2. The van der Waals surface area contributed by atoms with E-state index in [-0.39, 0.29) is 17.6 Å². The zero-order valence-corrected chi connectivity index (χ0v) is 15.2. The van der Waals surface area contributed by atoms with Gasteiger partial charge in [0.25, 0.3) is 0 Å². The van der Waals surface area contributed by atoms with E-state index in [4.69, 9.17) is 15.2 Å². The van der Waals surface area contributed by atoms with Crippen molar-refractivity contribution >= 4 is 34.6 Å². The van der Waals surface area contributed by atoms with Gasteiger partial charge in [0, 0.05) is 11.8 Å². The molecule has 1 aromatic heterocycles. The van der Waals surface area contributed by atoms with Gasteiger partial charge in [0.1, 0.15) is 11.5 Å². The smallest absolute Gasteiger partial charge is 0.353 e. The molecule has 0 unspecified atom stereocenters. The van der Waals surface area contributed by atoms with E-state index in [1.807, 2.05) is 0 Å². The van der Waals surface area contributed by atoms with Crippen molar-refractivity contribution in [3.05, 3.63) is 58.6 Å². The van der Waals surface area contributed by atoms with Crippen molar-refractivity contribution < 1.29 is 14.4 Å². The highest BCUT2D eigenvalue weighted by molar-refractivity contribution is 5.77. The molecule has 0 saturated heterocycles. The van der Waals surface area contributed by atoms with Gasteiger partial charge >= 0.3 is 5.69 Å². The minimum absolute atomic E-state index is 0.0626. The van der Waals surface area contributed by atoms with Crippen LogP contribution in [-0.4, -0.2) is 29.1 Å². The minimum atomic E-state index is -0.636. The largest absolute Gasteiger partial charge is 0.497 e. The predicted molar refractivity (Wildman–Crippen MR) is 106 cm³/mol. The third-order valence-corrected chi connectivity index (χ3v) is 3.78. The molecule has 10 heteroatoms. The molecule has 0 radical (unpaired) electrons. The van der Waals surface area contributed by atoms with Gasteiger partial charge < -0.3 is 25.8 Å². The lowest BCUT2D eigenvalue weighted by Gasteiger charge is -2.13. The van der Waals surface area contributed by atoms with Crippen LogP contribution < -0.4 is 25.8 Å². The van der Waals surface area contributed by atoms with Crippen LogP contribution in [0.2, 0.25) is 0 Å². The maximum atomic E-state index is 11.5. The summed E-state index contributed by atoms with van der Waals surface area (Å²) in [6.45, 7) is 0. The van der Waals surface area contributed by atoms with E-state index in [0.717, 1.165) is 0 Å². The van der Waals surface area contributed by atoms with E-state index in [2.05, 4.69) is 20.6 Å². The van der Waals surface area contributed by atoms with Gasteiger partial charge in [-0.25, -0.2) is 0 Å². The molecule has 3 rings (SSSR count). The first kappa shape index (κ1) is 18.7. The molecule has 0 spiro atoms. The summed E-state index contributed by atoms with van der Waals surface area (Å²) in [5.74, 6) is 0.882. The molecule has 1 heterocycles. The maximum Gasteiger partial charge on any atom is 0.353 e. The molecular weight excluding hydrogens is 364 g/mol. The summed E-state index contributed by atoms with van der Waals surface area (Å²) in [5, 5.41) is 17.3. The molecule has 10 nitrogen and oxygen atoms in total. The van der Waals surface area contributed by atoms with E-state index in [1.54, 1.807) is 55.6 Å². The Morgan fingerprint density at radius 1 is 1.04 bits per heavy atom. The Morgan fingerprint density at radius 2 is 1.82 bits per heavy atom. The fraction of sp³-hybridized carbons (Fsp3) is 0.111. The van der Waals surface area contributed by atoms with Crippen LogP contribution in [0.1, 0.15) is 0 Å². The highest BCUT2D eigenvalue weighted by atomic mass is 16.6. The van der Waals surface area contributed by atoms with Gasteiger partial charge in [-0.2, -0.15) is 9.97 Å². The number of nitrogens with one attached hydrogen (secondary N) is 2. The van der Waals surface area contributed by atoms with E-state index >= 15 is 0 Å². The Morgan fingerprint density at radius 3 is 2.54 bits per heavy atom. The van der Waals surface area contributed by atoms with E-state index in [9.17, 15) is 10.1 Å².